The van der Waals surface area contributed by atoms with Crippen LogP contribution >= 0.6 is 11.3 Å². The number of carbonyl (C=O) groups is 1. The van der Waals surface area contributed by atoms with Crippen LogP contribution in [0.15, 0.2) is 41.8 Å². The average molecular weight is 338 g/mol. The van der Waals surface area contributed by atoms with Gasteiger partial charge in [0.15, 0.2) is 0 Å². The lowest BCUT2D eigenvalue weighted by molar-refractivity contribution is 0.103. The number of aromatic nitrogens is 2. The molecule has 1 aromatic carbocycles. The third-order valence-electron chi connectivity index (χ3n) is 4.39. The molecule has 3 nitrogen and oxygen atoms in total. The fourth-order valence-electron chi connectivity index (χ4n) is 3.33. The number of hydrogen-bond acceptors (Lipinski definition) is 2. The minimum absolute atomic E-state index is 0. The SMILES string of the molecule is C.CCCn1c(C)c(C(=O)c2cc3sccc3[nH]2)c2ccccc21. The minimum atomic E-state index is 0. The molecule has 3 aromatic heterocycles. The van der Waals surface area contributed by atoms with Gasteiger partial charge in [-0.05, 0) is 36.9 Å². The second-order valence-electron chi connectivity index (χ2n) is 5.84. The van der Waals surface area contributed by atoms with Crippen LogP contribution < -0.4 is 0 Å². The molecule has 0 aliphatic rings. The van der Waals surface area contributed by atoms with E-state index in [1.807, 2.05) is 42.6 Å². The summed E-state index contributed by atoms with van der Waals surface area (Å²) >= 11 is 1.65. The van der Waals surface area contributed by atoms with Crippen molar-refractivity contribution in [3.05, 3.63) is 58.7 Å². The Kier molecular flexibility index (Phi) is 4.33. The molecule has 4 aromatic rings. The van der Waals surface area contributed by atoms with Gasteiger partial charge in [0.1, 0.15) is 0 Å². The lowest BCUT2D eigenvalue weighted by Crippen LogP contribution is -2.05. The first-order valence-corrected chi connectivity index (χ1v) is 8.77. The number of nitrogens with one attached hydrogen (secondary N) is 1. The Balaban J connectivity index is 0.00000169. The first kappa shape index (κ1) is 16.5. The smallest absolute Gasteiger partial charge is 0.211 e. The maximum Gasteiger partial charge on any atom is 0.211 e. The fraction of sp³-hybridized carbons (Fsp3) is 0.250. The molecule has 4 rings (SSSR count). The summed E-state index contributed by atoms with van der Waals surface area (Å²) in [6, 6.07) is 12.2. The predicted octanol–water partition coefficient (Wildman–Crippen LogP) is 5.77. The van der Waals surface area contributed by atoms with Crippen molar-refractivity contribution in [1.82, 2.24) is 9.55 Å². The lowest BCUT2D eigenvalue weighted by atomic mass is 10.0. The maximum absolute atomic E-state index is 13.1. The summed E-state index contributed by atoms with van der Waals surface area (Å²) in [5, 5.41) is 3.08. The first-order valence-electron chi connectivity index (χ1n) is 7.89. The molecule has 0 atom stereocenters. The normalized spacial score (nSPS) is 11.1. The van der Waals surface area contributed by atoms with E-state index in [1.165, 1.54) is 0 Å². The van der Waals surface area contributed by atoms with Gasteiger partial charge in [-0.3, -0.25) is 4.79 Å². The van der Waals surface area contributed by atoms with Crippen molar-refractivity contribution in [3.63, 3.8) is 0 Å². The van der Waals surface area contributed by atoms with Gasteiger partial charge >= 0.3 is 0 Å². The maximum atomic E-state index is 13.1. The van der Waals surface area contributed by atoms with E-state index in [2.05, 4.69) is 22.5 Å². The molecule has 0 spiro atoms. The molecule has 0 radical (unpaired) electrons. The molecule has 0 aliphatic heterocycles. The molecule has 0 saturated carbocycles. The topological polar surface area (TPSA) is 37.8 Å². The average Bonchev–Trinajstić information content (AvgIpc) is 3.20. The van der Waals surface area contributed by atoms with Crippen molar-refractivity contribution in [2.24, 2.45) is 0 Å². The number of fused-ring (bicyclic) bond motifs is 2. The number of rotatable bonds is 4. The quantitative estimate of drug-likeness (QED) is 0.471. The molecule has 0 bridgehead atoms. The Bertz CT molecular complexity index is 990. The highest BCUT2D eigenvalue weighted by Gasteiger charge is 2.22. The number of aryl methyl sites for hydroxylation is 1. The van der Waals surface area contributed by atoms with Crippen LogP contribution in [0.5, 0.6) is 0 Å². The van der Waals surface area contributed by atoms with E-state index in [4.69, 9.17) is 0 Å². The zero-order chi connectivity index (χ0) is 16.0. The van der Waals surface area contributed by atoms with Crippen molar-refractivity contribution in [3.8, 4) is 0 Å². The Labute approximate surface area is 145 Å². The highest BCUT2D eigenvalue weighted by molar-refractivity contribution is 7.17. The molecule has 0 amide bonds. The molecular formula is C20H22N2OS. The van der Waals surface area contributed by atoms with Gasteiger partial charge in [0.05, 0.1) is 21.5 Å². The summed E-state index contributed by atoms with van der Waals surface area (Å²) in [5.74, 6) is 0.0805. The van der Waals surface area contributed by atoms with Crippen LogP contribution in [0.25, 0.3) is 21.1 Å². The van der Waals surface area contributed by atoms with Crippen molar-refractivity contribution in [2.45, 2.75) is 34.2 Å². The Morgan fingerprint density at radius 2 is 2.04 bits per heavy atom. The number of thiophene rings is 1. The van der Waals surface area contributed by atoms with E-state index in [0.29, 0.717) is 5.69 Å². The van der Waals surface area contributed by atoms with Gasteiger partial charge in [-0.1, -0.05) is 32.5 Å². The van der Waals surface area contributed by atoms with Crippen molar-refractivity contribution >= 4 is 38.2 Å². The van der Waals surface area contributed by atoms with Crippen LogP contribution in [0.4, 0.5) is 0 Å². The third kappa shape index (κ3) is 2.38. The second kappa shape index (κ2) is 6.29. The standard InChI is InChI=1S/C19H18N2OS.CH4/c1-3-9-21-12(2)18(13-6-4-5-7-16(13)21)19(22)15-11-17-14(20-15)8-10-23-17;/h4-8,10-11,20H,3,9H2,1-2H3;1H4. The summed E-state index contributed by atoms with van der Waals surface area (Å²) in [4.78, 5) is 16.4. The summed E-state index contributed by atoms with van der Waals surface area (Å²) in [6.07, 6.45) is 1.05. The van der Waals surface area contributed by atoms with Crippen molar-refractivity contribution in [2.75, 3.05) is 0 Å². The van der Waals surface area contributed by atoms with E-state index in [1.54, 1.807) is 11.3 Å². The number of para-hydroxylation sites is 1. The van der Waals surface area contributed by atoms with Gasteiger partial charge in [0.2, 0.25) is 5.78 Å². The molecule has 0 saturated heterocycles. The fourth-order valence-corrected chi connectivity index (χ4v) is 4.12. The van der Waals surface area contributed by atoms with Crippen LogP contribution in [0.2, 0.25) is 0 Å². The predicted molar refractivity (Wildman–Crippen MR) is 103 cm³/mol. The summed E-state index contributed by atoms with van der Waals surface area (Å²) in [7, 11) is 0. The zero-order valence-corrected chi connectivity index (χ0v) is 14.0. The number of hydrogen-bond donors (Lipinski definition) is 1. The highest BCUT2D eigenvalue weighted by Crippen LogP contribution is 2.30. The van der Waals surface area contributed by atoms with Gasteiger partial charge in [0, 0.05) is 23.1 Å². The monoisotopic (exact) mass is 338 g/mol. The van der Waals surface area contributed by atoms with E-state index >= 15 is 0 Å². The largest absolute Gasteiger partial charge is 0.351 e. The van der Waals surface area contributed by atoms with E-state index < -0.39 is 0 Å². The number of H-pyrrole nitrogens is 1. The van der Waals surface area contributed by atoms with Gasteiger partial charge in [-0.25, -0.2) is 0 Å². The molecule has 4 heteroatoms. The van der Waals surface area contributed by atoms with Crippen LogP contribution in [0.3, 0.4) is 0 Å². The summed E-state index contributed by atoms with van der Waals surface area (Å²) in [5.41, 5.74) is 4.73. The minimum Gasteiger partial charge on any atom is -0.351 e. The summed E-state index contributed by atoms with van der Waals surface area (Å²) < 4.78 is 3.39. The van der Waals surface area contributed by atoms with Gasteiger partial charge in [0.25, 0.3) is 0 Å². The zero-order valence-electron chi connectivity index (χ0n) is 13.2. The first-order chi connectivity index (χ1) is 11.2. The number of ketones is 1. The number of nitrogens with zero attached hydrogens (tertiary/aromatic N) is 1. The van der Waals surface area contributed by atoms with Crippen LogP contribution in [0.1, 0.15) is 42.5 Å². The lowest BCUT2D eigenvalue weighted by Gasteiger charge is -2.06. The highest BCUT2D eigenvalue weighted by atomic mass is 32.1. The van der Waals surface area contributed by atoms with Gasteiger partial charge in [-0.15, -0.1) is 11.3 Å². The van der Waals surface area contributed by atoms with Crippen LogP contribution in [-0.4, -0.2) is 15.3 Å². The molecule has 124 valence electrons. The van der Waals surface area contributed by atoms with Gasteiger partial charge < -0.3 is 9.55 Å². The number of aromatic amines is 1. The molecule has 0 fully saturated rings. The van der Waals surface area contributed by atoms with Crippen LogP contribution in [0, 0.1) is 6.92 Å². The van der Waals surface area contributed by atoms with E-state index in [-0.39, 0.29) is 13.2 Å². The molecular weight excluding hydrogens is 316 g/mol. The Morgan fingerprint density at radius 3 is 2.79 bits per heavy atom. The van der Waals surface area contributed by atoms with Gasteiger partial charge in [-0.2, -0.15) is 0 Å². The molecule has 0 aliphatic carbocycles. The molecule has 1 N–H and O–H groups in total. The van der Waals surface area contributed by atoms with Crippen molar-refractivity contribution in [1.29, 1.82) is 0 Å². The summed E-state index contributed by atoms with van der Waals surface area (Å²) in [6.45, 7) is 5.14. The number of carbonyl (C=O) groups excluding carboxylic acids is 1. The molecule has 0 unspecified atom stereocenters. The second-order valence-corrected chi connectivity index (χ2v) is 6.79. The third-order valence-corrected chi connectivity index (χ3v) is 5.25. The Hall–Kier alpha value is -2.33. The van der Waals surface area contributed by atoms with Crippen molar-refractivity contribution < 1.29 is 4.79 Å². The van der Waals surface area contributed by atoms with E-state index in [9.17, 15) is 4.79 Å². The van der Waals surface area contributed by atoms with Crippen LogP contribution in [-0.2, 0) is 6.54 Å². The number of benzene rings is 1. The Morgan fingerprint density at radius 1 is 1.25 bits per heavy atom. The molecule has 24 heavy (non-hydrogen) atoms. The molecule has 3 heterocycles. The van der Waals surface area contributed by atoms with E-state index in [0.717, 1.165) is 45.3 Å².